The molecule has 1 aromatic heterocycles. The van der Waals surface area contributed by atoms with Gasteiger partial charge in [-0.15, -0.1) is 0 Å². The van der Waals surface area contributed by atoms with Gasteiger partial charge in [0.1, 0.15) is 11.9 Å². The number of hydrogen-bond donors (Lipinski definition) is 4. The zero-order chi connectivity index (χ0) is 13.8. The van der Waals surface area contributed by atoms with E-state index >= 15 is 0 Å². The van der Waals surface area contributed by atoms with Crippen LogP contribution in [0.3, 0.4) is 0 Å². The third-order valence-corrected chi connectivity index (χ3v) is 2.68. The van der Waals surface area contributed by atoms with Gasteiger partial charge in [0.15, 0.2) is 0 Å². The van der Waals surface area contributed by atoms with Crippen molar-refractivity contribution in [3.8, 4) is 0 Å². The highest BCUT2D eigenvalue weighted by Crippen LogP contribution is 2.11. The van der Waals surface area contributed by atoms with Crippen molar-refractivity contribution < 1.29 is 9.59 Å². The van der Waals surface area contributed by atoms with Crippen LogP contribution < -0.4 is 21.7 Å². The van der Waals surface area contributed by atoms with Gasteiger partial charge in [0.25, 0.3) is 0 Å². The molecule has 1 atom stereocenters. The zero-order valence-corrected chi connectivity index (χ0v) is 10.3. The number of aromatic nitrogens is 1. The number of pyridine rings is 1. The Bertz CT molecular complexity index is 511. The Morgan fingerprint density at radius 1 is 1.53 bits per heavy atom. The molecular formula is C12H15N5O2. The minimum absolute atomic E-state index is 0.253. The topological polar surface area (TPSA) is 109 Å². The highest BCUT2D eigenvalue weighted by Gasteiger charge is 2.25. The molecule has 1 aromatic rings. The molecule has 1 aliphatic rings. The summed E-state index contributed by atoms with van der Waals surface area (Å²) < 4.78 is 0. The van der Waals surface area contributed by atoms with Crippen molar-refractivity contribution in [2.75, 3.05) is 11.1 Å². The van der Waals surface area contributed by atoms with E-state index in [0.29, 0.717) is 30.0 Å². The van der Waals surface area contributed by atoms with Gasteiger partial charge in [-0.3, -0.25) is 10.1 Å². The molecule has 100 valence electrons. The molecule has 0 bridgehead atoms. The van der Waals surface area contributed by atoms with Gasteiger partial charge in [0.05, 0.1) is 11.9 Å². The normalized spacial score (nSPS) is 18.6. The van der Waals surface area contributed by atoms with Crippen LogP contribution in [0.1, 0.15) is 12.8 Å². The van der Waals surface area contributed by atoms with Crippen LogP contribution in [0.25, 0.3) is 0 Å². The zero-order valence-electron chi connectivity index (χ0n) is 10.3. The fraction of sp³-hybridized carbons (Fsp3) is 0.250. The first kappa shape index (κ1) is 12.9. The molecule has 0 saturated carbocycles. The molecule has 1 unspecified atom stereocenters. The van der Waals surface area contributed by atoms with E-state index in [2.05, 4.69) is 27.5 Å². The Kier molecular flexibility index (Phi) is 3.65. The Labute approximate surface area is 110 Å². The fourth-order valence-electron chi connectivity index (χ4n) is 1.70. The van der Waals surface area contributed by atoms with Crippen LogP contribution in [-0.4, -0.2) is 23.0 Å². The first-order valence-corrected chi connectivity index (χ1v) is 5.82. The highest BCUT2D eigenvalue weighted by atomic mass is 16.2. The minimum atomic E-state index is -0.556. The number of nitrogens with two attached hydrogens (primary N) is 1. The maximum Gasteiger partial charge on any atom is 0.321 e. The number of piperidine rings is 1. The van der Waals surface area contributed by atoms with E-state index in [1.165, 1.54) is 6.20 Å². The van der Waals surface area contributed by atoms with Crippen molar-refractivity contribution in [3.63, 3.8) is 0 Å². The summed E-state index contributed by atoms with van der Waals surface area (Å²) in [5, 5.41) is 7.70. The number of nitrogen functional groups attached to an aromatic ring is 1. The average molecular weight is 261 g/mol. The van der Waals surface area contributed by atoms with E-state index in [0.717, 1.165) is 0 Å². The van der Waals surface area contributed by atoms with Gasteiger partial charge in [-0.05, 0) is 25.0 Å². The van der Waals surface area contributed by atoms with E-state index in [1.807, 2.05) is 0 Å². The smallest absolute Gasteiger partial charge is 0.321 e. The number of carbonyl (C=O) groups is 2. The molecule has 0 aliphatic carbocycles. The van der Waals surface area contributed by atoms with Crippen molar-refractivity contribution in [1.82, 2.24) is 15.6 Å². The predicted octanol–water partition coefficient (Wildman–Crippen LogP) is 0.578. The molecule has 5 N–H and O–H groups in total. The van der Waals surface area contributed by atoms with Crippen LogP contribution in [0.4, 0.5) is 16.3 Å². The largest absolute Gasteiger partial charge is 0.397 e. The number of amides is 3. The Morgan fingerprint density at radius 2 is 2.32 bits per heavy atom. The summed E-state index contributed by atoms with van der Waals surface area (Å²) in [6.45, 7) is 3.67. The summed E-state index contributed by atoms with van der Waals surface area (Å²) in [6.07, 6.45) is 2.62. The highest BCUT2D eigenvalue weighted by molar-refractivity contribution is 5.93. The molecule has 0 spiro atoms. The van der Waals surface area contributed by atoms with E-state index in [9.17, 15) is 9.59 Å². The molecule has 3 amide bonds. The summed E-state index contributed by atoms with van der Waals surface area (Å²) in [4.78, 5) is 27.2. The van der Waals surface area contributed by atoms with Crippen LogP contribution in [0, 0.1) is 0 Å². The molecule has 2 rings (SSSR count). The van der Waals surface area contributed by atoms with Crippen molar-refractivity contribution in [1.29, 1.82) is 0 Å². The van der Waals surface area contributed by atoms with Crippen molar-refractivity contribution in [3.05, 3.63) is 30.6 Å². The summed E-state index contributed by atoms with van der Waals surface area (Å²) in [5.74, 6) is 0.115. The van der Waals surface area contributed by atoms with Gasteiger partial charge in [-0.2, -0.15) is 0 Å². The molecule has 19 heavy (non-hydrogen) atoms. The van der Waals surface area contributed by atoms with Crippen LogP contribution in [-0.2, 0) is 4.79 Å². The number of nitrogens with zero attached hydrogens (tertiary/aromatic N) is 1. The molecule has 1 fully saturated rings. The quantitative estimate of drug-likeness (QED) is 0.624. The molecule has 7 nitrogen and oxygen atoms in total. The Balaban J connectivity index is 1.89. The number of carbonyl (C=O) groups excluding carboxylic acids is 2. The second kappa shape index (κ2) is 5.38. The maximum absolute atomic E-state index is 11.7. The molecule has 2 heterocycles. The lowest BCUT2D eigenvalue weighted by molar-refractivity contribution is -0.123. The van der Waals surface area contributed by atoms with Gasteiger partial charge in [0, 0.05) is 5.70 Å². The monoisotopic (exact) mass is 261 g/mol. The van der Waals surface area contributed by atoms with E-state index < -0.39 is 12.1 Å². The molecule has 7 heteroatoms. The number of nitrogens with one attached hydrogen (secondary N) is 3. The fourth-order valence-corrected chi connectivity index (χ4v) is 1.70. The molecule has 1 saturated heterocycles. The third kappa shape index (κ3) is 3.44. The number of anilines is 2. The minimum Gasteiger partial charge on any atom is -0.397 e. The van der Waals surface area contributed by atoms with Crippen LogP contribution in [0.2, 0.25) is 0 Å². The number of allylic oxidation sites excluding steroid dienone is 1. The van der Waals surface area contributed by atoms with Crippen molar-refractivity contribution in [2.24, 2.45) is 0 Å². The first-order chi connectivity index (χ1) is 9.04. The average Bonchev–Trinajstić information content (AvgIpc) is 2.36. The number of rotatable bonds is 2. The Morgan fingerprint density at radius 3 is 2.95 bits per heavy atom. The standard InChI is InChI=1S/C12H15N5O2/c1-7-2-4-9(11(18)15-7)16-12(19)17-10-5-3-8(13)6-14-10/h3,5-6,9H,1-2,4,13H2,(H,15,18)(H2,14,16,17,19). The molecule has 1 aliphatic heterocycles. The summed E-state index contributed by atoms with van der Waals surface area (Å²) in [6, 6.07) is 2.17. The lowest BCUT2D eigenvalue weighted by Crippen LogP contribution is -2.50. The van der Waals surface area contributed by atoms with Gasteiger partial charge in [-0.1, -0.05) is 6.58 Å². The second-order valence-corrected chi connectivity index (χ2v) is 4.26. The number of urea groups is 1. The van der Waals surface area contributed by atoms with Gasteiger partial charge in [0.2, 0.25) is 5.91 Å². The van der Waals surface area contributed by atoms with Crippen LogP contribution in [0.15, 0.2) is 30.6 Å². The van der Waals surface area contributed by atoms with Crippen LogP contribution in [0.5, 0.6) is 0 Å². The summed E-state index contributed by atoms with van der Waals surface area (Å²) >= 11 is 0. The van der Waals surface area contributed by atoms with Crippen LogP contribution >= 0.6 is 0 Å². The van der Waals surface area contributed by atoms with Crippen molar-refractivity contribution in [2.45, 2.75) is 18.9 Å². The van der Waals surface area contributed by atoms with Gasteiger partial charge in [-0.25, -0.2) is 9.78 Å². The molecule has 0 radical (unpaired) electrons. The van der Waals surface area contributed by atoms with E-state index in [4.69, 9.17) is 5.73 Å². The molecular weight excluding hydrogens is 246 g/mol. The Hall–Kier alpha value is -2.57. The second-order valence-electron chi connectivity index (χ2n) is 4.26. The number of hydrogen-bond acceptors (Lipinski definition) is 4. The van der Waals surface area contributed by atoms with Crippen molar-refractivity contribution >= 4 is 23.4 Å². The maximum atomic E-state index is 11.7. The van der Waals surface area contributed by atoms with E-state index in [-0.39, 0.29) is 5.91 Å². The third-order valence-electron chi connectivity index (χ3n) is 2.68. The first-order valence-electron chi connectivity index (χ1n) is 5.82. The van der Waals surface area contributed by atoms with Gasteiger partial charge < -0.3 is 16.4 Å². The van der Waals surface area contributed by atoms with Gasteiger partial charge >= 0.3 is 6.03 Å². The summed E-state index contributed by atoms with van der Waals surface area (Å²) in [7, 11) is 0. The lowest BCUT2D eigenvalue weighted by Gasteiger charge is -2.24. The molecule has 0 aromatic carbocycles. The predicted molar refractivity (Wildman–Crippen MR) is 71.1 cm³/mol. The van der Waals surface area contributed by atoms with E-state index in [1.54, 1.807) is 12.1 Å². The summed E-state index contributed by atoms with van der Waals surface area (Å²) in [5.41, 5.74) is 6.67. The lowest BCUT2D eigenvalue weighted by atomic mass is 10.1. The SMILES string of the molecule is C=C1CCC(NC(=O)Nc2ccc(N)cn2)C(=O)N1.